The number of aromatic nitrogens is 4. The van der Waals surface area contributed by atoms with E-state index in [1.165, 1.54) is 83.8 Å². The summed E-state index contributed by atoms with van der Waals surface area (Å²) in [5, 5.41) is 0. The van der Waals surface area contributed by atoms with Crippen LogP contribution in [0.4, 0.5) is 5.82 Å². The fraction of sp³-hybridized carbons (Fsp3) is 0.815. The zero-order chi connectivity index (χ0) is 24.5. The van der Waals surface area contributed by atoms with E-state index in [9.17, 15) is 4.79 Å². The zero-order valence-electron chi connectivity index (χ0n) is 22.2. The predicted molar refractivity (Wildman–Crippen MR) is 149 cm³/mol. The number of nitrogens with one attached hydrogen (secondary N) is 1. The second-order valence-electron chi connectivity index (χ2n) is 10.8. The van der Waals surface area contributed by atoms with E-state index in [-0.39, 0.29) is 29.9 Å². The van der Waals surface area contributed by atoms with Crippen molar-refractivity contribution in [2.24, 2.45) is 11.8 Å². The number of nitrogens with two attached hydrogens (primary N) is 1. The van der Waals surface area contributed by atoms with Crippen molar-refractivity contribution in [1.82, 2.24) is 24.4 Å². The van der Waals surface area contributed by atoms with Crippen LogP contribution >= 0.6 is 12.4 Å². The molecule has 3 N–H and O–H groups in total. The second kappa shape index (κ2) is 14.8. The molecule has 8 nitrogen and oxygen atoms in total. The third-order valence-corrected chi connectivity index (χ3v) is 8.14. The van der Waals surface area contributed by atoms with Crippen molar-refractivity contribution in [3.63, 3.8) is 0 Å². The average Bonchev–Trinajstić information content (AvgIpc) is 3.20. The van der Waals surface area contributed by atoms with Crippen LogP contribution in [0.2, 0.25) is 0 Å². The SMILES string of the molecule is CCCCOc1nc(N)c2[nH]c(=O)n(CCCCCC3CCN(CCC4CCCCC4)CC3)c2n1.Cl. The standard InChI is InChI=1S/C27H46N6O2.ClH/c1-2-3-20-35-26-30-24(28)23-25(31-26)33(27(34)29-23)16-9-5-8-12-22-14-18-32(19-15-22)17-13-21-10-6-4-7-11-21;/h21-22H,2-20H2,1H3,(H,29,34)(H2,28,30,31);1H. The van der Waals surface area contributed by atoms with Gasteiger partial charge in [-0.15, -0.1) is 12.4 Å². The molecule has 0 amide bonds. The van der Waals surface area contributed by atoms with E-state index in [1.807, 2.05) is 0 Å². The average molecular weight is 523 g/mol. The Balaban J connectivity index is 0.00000361. The lowest BCUT2D eigenvalue weighted by Crippen LogP contribution is -2.35. The van der Waals surface area contributed by atoms with Crippen molar-refractivity contribution < 1.29 is 4.74 Å². The molecular formula is C27H47ClN6O2. The molecule has 36 heavy (non-hydrogen) atoms. The summed E-state index contributed by atoms with van der Waals surface area (Å²) in [6, 6.07) is 0.251. The van der Waals surface area contributed by atoms with Gasteiger partial charge in [-0.2, -0.15) is 9.97 Å². The third kappa shape index (κ3) is 8.10. The Kier molecular flexibility index (Phi) is 11.8. The predicted octanol–water partition coefficient (Wildman–Crippen LogP) is 5.55. The van der Waals surface area contributed by atoms with E-state index < -0.39 is 0 Å². The number of hydrogen-bond acceptors (Lipinski definition) is 6. The van der Waals surface area contributed by atoms with E-state index in [0.29, 0.717) is 24.3 Å². The zero-order valence-corrected chi connectivity index (χ0v) is 23.0. The topological polar surface area (TPSA) is 102 Å². The maximum absolute atomic E-state index is 12.5. The molecule has 2 aliphatic rings. The molecule has 0 atom stereocenters. The molecule has 1 saturated carbocycles. The molecule has 0 unspecified atom stereocenters. The van der Waals surface area contributed by atoms with Crippen LogP contribution in [0.1, 0.15) is 96.8 Å². The first kappa shape index (κ1) is 28.8. The molecule has 0 aromatic carbocycles. The van der Waals surface area contributed by atoms with Crippen LogP contribution in [0.25, 0.3) is 11.2 Å². The summed E-state index contributed by atoms with van der Waals surface area (Å²) in [4.78, 5) is 26.7. The number of anilines is 1. The quantitative estimate of drug-likeness (QED) is 0.334. The first-order valence-corrected chi connectivity index (χ1v) is 14.2. The minimum atomic E-state index is -0.174. The Bertz CT molecular complexity index is 963. The molecule has 4 rings (SSSR count). The van der Waals surface area contributed by atoms with Gasteiger partial charge >= 0.3 is 11.7 Å². The van der Waals surface area contributed by atoms with Crippen molar-refractivity contribution >= 4 is 29.4 Å². The molecule has 1 aliphatic heterocycles. The van der Waals surface area contributed by atoms with E-state index in [2.05, 4.69) is 26.8 Å². The monoisotopic (exact) mass is 522 g/mol. The number of halogens is 1. The van der Waals surface area contributed by atoms with Gasteiger partial charge in [-0.3, -0.25) is 4.57 Å². The summed E-state index contributed by atoms with van der Waals surface area (Å²) < 4.78 is 7.31. The highest BCUT2D eigenvalue weighted by atomic mass is 35.5. The van der Waals surface area contributed by atoms with Crippen molar-refractivity contribution in [2.45, 2.75) is 103 Å². The summed E-state index contributed by atoms with van der Waals surface area (Å²) in [6.45, 7) is 7.18. The number of piperidine rings is 1. The molecule has 2 aromatic heterocycles. The lowest BCUT2D eigenvalue weighted by atomic mass is 9.86. The molecule has 3 heterocycles. The number of fused-ring (bicyclic) bond motifs is 1. The van der Waals surface area contributed by atoms with Crippen LogP contribution in [0, 0.1) is 11.8 Å². The van der Waals surface area contributed by atoms with E-state index in [0.717, 1.165) is 37.5 Å². The van der Waals surface area contributed by atoms with Crippen LogP contribution in [0.15, 0.2) is 4.79 Å². The molecule has 0 spiro atoms. The fourth-order valence-corrected chi connectivity index (χ4v) is 5.83. The number of aryl methyl sites for hydroxylation is 1. The van der Waals surface area contributed by atoms with Crippen LogP contribution in [0.3, 0.4) is 0 Å². The Morgan fingerprint density at radius 1 is 0.944 bits per heavy atom. The summed E-state index contributed by atoms with van der Waals surface area (Å²) in [5.74, 6) is 2.13. The fourth-order valence-electron chi connectivity index (χ4n) is 5.83. The third-order valence-electron chi connectivity index (χ3n) is 8.14. The van der Waals surface area contributed by atoms with Gasteiger partial charge in [0.2, 0.25) is 0 Å². The normalized spacial score (nSPS) is 17.9. The number of unbranched alkanes of at least 4 members (excludes halogenated alkanes) is 3. The number of nitrogen functional groups attached to an aromatic ring is 1. The van der Waals surface area contributed by atoms with Crippen LogP contribution in [0.5, 0.6) is 6.01 Å². The van der Waals surface area contributed by atoms with E-state index in [1.54, 1.807) is 4.57 Å². The number of hydrogen-bond donors (Lipinski definition) is 2. The number of rotatable bonds is 13. The molecule has 0 radical (unpaired) electrons. The summed E-state index contributed by atoms with van der Waals surface area (Å²) in [6.07, 6.45) is 18.0. The van der Waals surface area contributed by atoms with Gasteiger partial charge in [0.25, 0.3) is 0 Å². The first-order valence-electron chi connectivity index (χ1n) is 14.2. The van der Waals surface area contributed by atoms with Gasteiger partial charge in [-0.05, 0) is 63.6 Å². The maximum Gasteiger partial charge on any atom is 0.327 e. The number of ether oxygens (including phenoxy) is 1. The van der Waals surface area contributed by atoms with Crippen LogP contribution in [-0.4, -0.2) is 50.7 Å². The minimum absolute atomic E-state index is 0. The molecule has 1 saturated heterocycles. The largest absolute Gasteiger partial charge is 0.463 e. The maximum atomic E-state index is 12.5. The molecule has 2 aromatic rings. The molecule has 2 fully saturated rings. The Morgan fingerprint density at radius 3 is 2.44 bits per heavy atom. The lowest BCUT2D eigenvalue weighted by molar-refractivity contribution is 0.161. The first-order chi connectivity index (χ1) is 17.1. The van der Waals surface area contributed by atoms with Gasteiger partial charge in [0.05, 0.1) is 6.61 Å². The van der Waals surface area contributed by atoms with Gasteiger partial charge < -0.3 is 20.4 Å². The van der Waals surface area contributed by atoms with Gasteiger partial charge in [-0.1, -0.05) is 64.7 Å². The second-order valence-corrected chi connectivity index (χ2v) is 10.8. The van der Waals surface area contributed by atoms with Crippen molar-refractivity contribution in [2.75, 3.05) is 32.0 Å². The molecule has 204 valence electrons. The smallest absolute Gasteiger partial charge is 0.327 e. The van der Waals surface area contributed by atoms with Crippen molar-refractivity contribution in [3.05, 3.63) is 10.5 Å². The highest BCUT2D eigenvalue weighted by Gasteiger charge is 2.21. The molecule has 1 aliphatic carbocycles. The van der Waals surface area contributed by atoms with E-state index in [4.69, 9.17) is 10.5 Å². The molecule has 0 bridgehead atoms. The number of likely N-dealkylation sites (tertiary alicyclic amines) is 1. The highest BCUT2D eigenvalue weighted by Crippen LogP contribution is 2.28. The Morgan fingerprint density at radius 2 is 1.69 bits per heavy atom. The van der Waals surface area contributed by atoms with E-state index >= 15 is 0 Å². The Labute approximate surface area is 222 Å². The van der Waals surface area contributed by atoms with Crippen molar-refractivity contribution in [1.29, 1.82) is 0 Å². The molecule has 9 heteroatoms. The van der Waals surface area contributed by atoms with Crippen molar-refractivity contribution in [3.8, 4) is 6.01 Å². The summed E-state index contributed by atoms with van der Waals surface area (Å²) in [7, 11) is 0. The number of aromatic amines is 1. The lowest BCUT2D eigenvalue weighted by Gasteiger charge is -2.33. The highest BCUT2D eigenvalue weighted by molar-refractivity contribution is 5.85. The van der Waals surface area contributed by atoms with Gasteiger partial charge in [-0.25, -0.2) is 4.79 Å². The minimum Gasteiger partial charge on any atom is -0.463 e. The molecular weight excluding hydrogens is 476 g/mol. The van der Waals surface area contributed by atoms with Gasteiger partial charge in [0.15, 0.2) is 11.5 Å². The summed E-state index contributed by atoms with van der Waals surface area (Å²) >= 11 is 0. The number of H-pyrrole nitrogens is 1. The number of imidazole rings is 1. The van der Waals surface area contributed by atoms with Crippen LogP contribution in [-0.2, 0) is 6.54 Å². The Hall–Kier alpha value is -1.80. The summed E-state index contributed by atoms with van der Waals surface area (Å²) in [5.41, 5.74) is 6.94. The van der Waals surface area contributed by atoms with Gasteiger partial charge in [0.1, 0.15) is 5.52 Å². The van der Waals surface area contributed by atoms with Crippen LogP contribution < -0.4 is 16.2 Å². The number of nitrogens with zero attached hydrogens (tertiary/aromatic N) is 4. The van der Waals surface area contributed by atoms with Gasteiger partial charge in [0, 0.05) is 6.54 Å².